The Morgan fingerprint density at radius 3 is 2.63 bits per heavy atom. The van der Waals surface area contributed by atoms with Gasteiger partial charge in [0.15, 0.2) is 0 Å². The van der Waals surface area contributed by atoms with Gasteiger partial charge < -0.3 is 14.8 Å². The van der Waals surface area contributed by atoms with Crippen LogP contribution in [0.1, 0.15) is 30.1 Å². The summed E-state index contributed by atoms with van der Waals surface area (Å²) in [5.41, 5.74) is 0.947. The van der Waals surface area contributed by atoms with E-state index in [0.717, 1.165) is 25.9 Å². The Hall–Kier alpha value is -3.22. The first-order valence-electron chi connectivity index (χ1n) is 9.19. The van der Waals surface area contributed by atoms with E-state index in [1.165, 1.54) is 0 Å². The Morgan fingerprint density at radius 2 is 1.93 bits per heavy atom. The number of aryl methyl sites for hydroxylation is 1. The topological polar surface area (TPSA) is 80.1 Å². The first kappa shape index (κ1) is 17.2. The number of aromatic nitrogens is 3. The van der Waals surface area contributed by atoms with Gasteiger partial charge in [-0.2, -0.15) is 4.98 Å². The van der Waals surface area contributed by atoms with Crippen LogP contribution in [0.15, 0.2) is 47.5 Å². The fourth-order valence-electron chi connectivity index (χ4n) is 3.36. The fourth-order valence-corrected chi connectivity index (χ4v) is 3.36. The van der Waals surface area contributed by atoms with Gasteiger partial charge in [-0.15, -0.1) is 0 Å². The van der Waals surface area contributed by atoms with Gasteiger partial charge in [0.05, 0.1) is 5.39 Å². The molecule has 7 nitrogen and oxygen atoms in total. The van der Waals surface area contributed by atoms with Gasteiger partial charge in [-0.25, -0.2) is 4.98 Å². The van der Waals surface area contributed by atoms with Crippen LogP contribution in [0.4, 0.5) is 11.6 Å². The highest BCUT2D eigenvalue weighted by Gasteiger charge is 2.20. The Balaban J connectivity index is 1.76. The standard InChI is InChI=1S/C20H21N5O2/c1-2-24-13-16(19(27)22-14-8-4-3-5-9-14)17(26)15-12-21-20(23-18(15)24)25-10-6-7-11-25/h3-5,8-9,12-13H,2,6-7,10-11H2,1H3,(H,22,27). The van der Waals surface area contributed by atoms with E-state index >= 15 is 0 Å². The number of nitrogens with one attached hydrogen (secondary N) is 1. The van der Waals surface area contributed by atoms with Gasteiger partial charge in [-0.1, -0.05) is 18.2 Å². The highest BCUT2D eigenvalue weighted by atomic mass is 16.2. The van der Waals surface area contributed by atoms with Crippen LogP contribution in [0.2, 0.25) is 0 Å². The molecule has 1 amide bonds. The number of carbonyl (C=O) groups excluding carboxylic acids is 1. The molecule has 2 aromatic heterocycles. The summed E-state index contributed by atoms with van der Waals surface area (Å²) >= 11 is 0. The number of pyridine rings is 1. The monoisotopic (exact) mass is 363 g/mol. The molecule has 0 aliphatic carbocycles. The van der Waals surface area contributed by atoms with Crippen LogP contribution >= 0.6 is 0 Å². The van der Waals surface area contributed by atoms with Crippen LogP contribution in [-0.2, 0) is 6.54 Å². The van der Waals surface area contributed by atoms with Crippen LogP contribution in [0.3, 0.4) is 0 Å². The Kier molecular flexibility index (Phi) is 4.58. The van der Waals surface area contributed by atoms with Gasteiger partial charge in [0.2, 0.25) is 11.4 Å². The third-order valence-corrected chi connectivity index (χ3v) is 4.81. The smallest absolute Gasteiger partial charge is 0.261 e. The van der Waals surface area contributed by atoms with Crippen molar-refractivity contribution in [2.75, 3.05) is 23.3 Å². The van der Waals surface area contributed by atoms with Crippen molar-refractivity contribution in [3.63, 3.8) is 0 Å². The summed E-state index contributed by atoms with van der Waals surface area (Å²) in [6.45, 7) is 4.41. The van der Waals surface area contributed by atoms with Crippen molar-refractivity contribution in [2.24, 2.45) is 0 Å². The first-order valence-corrected chi connectivity index (χ1v) is 9.19. The van der Waals surface area contributed by atoms with Crippen LogP contribution in [0, 0.1) is 0 Å². The average molecular weight is 363 g/mol. The summed E-state index contributed by atoms with van der Waals surface area (Å²) in [6.07, 6.45) is 5.38. The predicted molar refractivity (Wildman–Crippen MR) is 105 cm³/mol. The minimum Gasteiger partial charge on any atom is -0.341 e. The zero-order valence-electron chi connectivity index (χ0n) is 15.2. The molecule has 1 N–H and O–H groups in total. The molecule has 3 aromatic rings. The zero-order valence-corrected chi connectivity index (χ0v) is 15.2. The lowest BCUT2D eigenvalue weighted by atomic mass is 10.2. The van der Waals surface area contributed by atoms with Crippen molar-refractivity contribution in [3.8, 4) is 0 Å². The normalized spacial score (nSPS) is 13.9. The number of carbonyl (C=O) groups is 1. The van der Waals surface area contributed by atoms with E-state index in [1.54, 1.807) is 24.5 Å². The number of fused-ring (bicyclic) bond motifs is 1. The lowest BCUT2D eigenvalue weighted by Gasteiger charge is -2.17. The van der Waals surface area contributed by atoms with Crippen LogP contribution in [-0.4, -0.2) is 33.5 Å². The zero-order chi connectivity index (χ0) is 18.8. The molecule has 1 fully saturated rings. The number of rotatable bonds is 4. The lowest BCUT2D eigenvalue weighted by Crippen LogP contribution is -2.26. The molecular formula is C20H21N5O2. The largest absolute Gasteiger partial charge is 0.341 e. The van der Waals surface area contributed by atoms with E-state index < -0.39 is 5.91 Å². The molecule has 0 unspecified atom stereocenters. The molecule has 27 heavy (non-hydrogen) atoms. The second kappa shape index (κ2) is 7.19. The van der Waals surface area contributed by atoms with E-state index in [2.05, 4.69) is 20.2 Å². The summed E-state index contributed by atoms with van der Waals surface area (Å²) in [6, 6.07) is 9.08. The quantitative estimate of drug-likeness (QED) is 0.771. The summed E-state index contributed by atoms with van der Waals surface area (Å²) in [5.74, 6) is 0.210. The van der Waals surface area contributed by atoms with E-state index in [0.29, 0.717) is 29.2 Å². The molecule has 1 aliphatic rings. The van der Waals surface area contributed by atoms with E-state index in [9.17, 15) is 9.59 Å². The summed E-state index contributed by atoms with van der Waals surface area (Å²) in [5, 5.41) is 3.13. The van der Waals surface area contributed by atoms with Gasteiger partial charge in [-0.3, -0.25) is 9.59 Å². The van der Waals surface area contributed by atoms with Crippen molar-refractivity contribution in [2.45, 2.75) is 26.3 Å². The molecular weight excluding hydrogens is 342 g/mol. The number of hydrogen-bond donors (Lipinski definition) is 1. The van der Waals surface area contributed by atoms with Crippen molar-refractivity contribution >= 4 is 28.6 Å². The maximum atomic E-state index is 12.9. The number of para-hydroxylation sites is 1. The number of benzene rings is 1. The molecule has 3 heterocycles. The van der Waals surface area contributed by atoms with Gasteiger partial charge in [-0.05, 0) is 31.9 Å². The van der Waals surface area contributed by atoms with E-state index in [-0.39, 0.29) is 11.0 Å². The third kappa shape index (κ3) is 3.28. The van der Waals surface area contributed by atoms with Crippen molar-refractivity contribution in [1.29, 1.82) is 0 Å². The van der Waals surface area contributed by atoms with Gasteiger partial charge in [0, 0.05) is 37.7 Å². The SMILES string of the molecule is CCn1cc(C(=O)Nc2ccccc2)c(=O)c2cnc(N3CCCC3)nc21. The van der Waals surface area contributed by atoms with Crippen LogP contribution in [0.25, 0.3) is 11.0 Å². The third-order valence-electron chi connectivity index (χ3n) is 4.81. The van der Waals surface area contributed by atoms with Crippen LogP contribution < -0.4 is 15.6 Å². The Morgan fingerprint density at radius 1 is 1.19 bits per heavy atom. The van der Waals surface area contributed by atoms with Crippen LogP contribution in [0.5, 0.6) is 0 Å². The minimum atomic E-state index is -0.432. The van der Waals surface area contributed by atoms with Crippen molar-refractivity contribution in [1.82, 2.24) is 14.5 Å². The first-order chi connectivity index (χ1) is 13.2. The van der Waals surface area contributed by atoms with E-state index in [4.69, 9.17) is 0 Å². The number of hydrogen-bond acceptors (Lipinski definition) is 5. The molecule has 1 aliphatic heterocycles. The molecule has 1 aromatic carbocycles. The number of anilines is 2. The highest BCUT2D eigenvalue weighted by Crippen LogP contribution is 2.18. The molecule has 0 radical (unpaired) electrons. The number of nitrogens with zero attached hydrogens (tertiary/aromatic N) is 4. The molecule has 138 valence electrons. The second-order valence-electron chi connectivity index (χ2n) is 6.58. The maximum absolute atomic E-state index is 12.9. The van der Waals surface area contributed by atoms with Gasteiger partial charge in [0.25, 0.3) is 5.91 Å². The molecule has 0 spiro atoms. The molecule has 0 atom stereocenters. The molecule has 7 heteroatoms. The fraction of sp³-hybridized carbons (Fsp3) is 0.300. The van der Waals surface area contributed by atoms with Gasteiger partial charge in [0.1, 0.15) is 11.2 Å². The molecule has 4 rings (SSSR count). The average Bonchev–Trinajstić information content (AvgIpc) is 3.23. The van der Waals surface area contributed by atoms with Crippen molar-refractivity contribution < 1.29 is 4.79 Å². The molecule has 0 saturated carbocycles. The summed E-state index contributed by atoms with van der Waals surface area (Å²) in [7, 11) is 0. The summed E-state index contributed by atoms with van der Waals surface area (Å²) < 4.78 is 1.83. The second-order valence-corrected chi connectivity index (χ2v) is 6.58. The van der Waals surface area contributed by atoms with Crippen molar-refractivity contribution in [3.05, 3.63) is 58.5 Å². The molecule has 1 saturated heterocycles. The highest BCUT2D eigenvalue weighted by molar-refractivity contribution is 6.05. The summed E-state index contributed by atoms with van der Waals surface area (Å²) in [4.78, 5) is 36.7. The molecule has 0 bridgehead atoms. The van der Waals surface area contributed by atoms with Gasteiger partial charge >= 0.3 is 0 Å². The number of amides is 1. The predicted octanol–water partition coefficient (Wildman–Crippen LogP) is 2.66. The van der Waals surface area contributed by atoms with E-state index in [1.807, 2.05) is 29.7 Å². The lowest BCUT2D eigenvalue weighted by molar-refractivity contribution is 0.102. The Bertz CT molecular complexity index is 1040. The Labute approximate surface area is 156 Å². The maximum Gasteiger partial charge on any atom is 0.261 e. The minimum absolute atomic E-state index is 0.0886.